The standard InChI is InChI=1S/C52H33NO/c1-2-15-38-33-51-48(32-37(38)14-1)47-23-11-22-46(52(47)54-51)45-19-7-8-24-50(45)53(49-25-9-16-34-12-4-6-18-42(34)49)39-29-26-36(27-30-39)41-20-10-21-43-40-17-5-3-13-35(40)28-31-44(41)43/h1-33H. The topological polar surface area (TPSA) is 16.4 Å². The minimum absolute atomic E-state index is 0.895. The van der Waals surface area contributed by atoms with Crippen molar-refractivity contribution in [3.63, 3.8) is 0 Å². The molecule has 0 aliphatic rings. The fourth-order valence-corrected chi connectivity index (χ4v) is 8.49. The molecule has 0 amide bonds. The lowest BCUT2D eigenvalue weighted by Crippen LogP contribution is -2.11. The molecule has 1 aromatic heterocycles. The molecule has 0 unspecified atom stereocenters. The molecule has 0 saturated heterocycles. The van der Waals surface area contributed by atoms with E-state index >= 15 is 0 Å². The molecule has 0 bridgehead atoms. The van der Waals surface area contributed by atoms with Gasteiger partial charge in [0, 0.05) is 33.0 Å². The van der Waals surface area contributed by atoms with E-state index in [-0.39, 0.29) is 0 Å². The van der Waals surface area contributed by atoms with Crippen LogP contribution in [0.1, 0.15) is 0 Å². The molecule has 0 N–H and O–H groups in total. The number of fused-ring (bicyclic) bond motifs is 8. The van der Waals surface area contributed by atoms with Crippen molar-refractivity contribution in [3.8, 4) is 22.3 Å². The molecule has 0 aliphatic heterocycles. The summed E-state index contributed by atoms with van der Waals surface area (Å²) in [4.78, 5) is 2.41. The van der Waals surface area contributed by atoms with Crippen LogP contribution in [0.2, 0.25) is 0 Å². The van der Waals surface area contributed by atoms with Crippen molar-refractivity contribution >= 4 is 82.1 Å². The molecular weight excluding hydrogens is 655 g/mol. The minimum atomic E-state index is 0.895. The lowest BCUT2D eigenvalue weighted by Gasteiger charge is -2.29. The molecule has 0 atom stereocenters. The Hall–Kier alpha value is -7.16. The van der Waals surface area contributed by atoms with Gasteiger partial charge in [-0.1, -0.05) is 164 Å². The molecule has 2 nitrogen and oxygen atoms in total. The van der Waals surface area contributed by atoms with Gasteiger partial charge in [-0.25, -0.2) is 0 Å². The van der Waals surface area contributed by atoms with E-state index in [1.165, 1.54) is 54.2 Å². The highest BCUT2D eigenvalue weighted by Gasteiger charge is 2.22. The van der Waals surface area contributed by atoms with Gasteiger partial charge in [-0.05, 0) is 85.2 Å². The Balaban J connectivity index is 1.11. The zero-order chi connectivity index (χ0) is 35.6. The molecule has 2 heteroatoms. The summed E-state index contributed by atoms with van der Waals surface area (Å²) >= 11 is 0. The smallest absolute Gasteiger partial charge is 0.143 e. The maximum Gasteiger partial charge on any atom is 0.143 e. The van der Waals surface area contributed by atoms with Crippen molar-refractivity contribution in [2.45, 2.75) is 0 Å². The first-order valence-corrected chi connectivity index (χ1v) is 18.5. The summed E-state index contributed by atoms with van der Waals surface area (Å²) in [5.74, 6) is 0. The van der Waals surface area contributed by atoms with Crippen LogP contribution in [0, 0.1) is 0 Å². The molecule has 54 heavy (non-hydrogen) atoms. The molecule has 0 saturated carbocycles. The molecule has 0 radical (unpaired) electrons. The second-order valence-electron chi connectivity index (χ2n) is 14.1. The molecule has 11 rings (SSSR count). The fraction of sp³-hybridized carbons (Fsp3) is 0. The van der Waals surface area contributed by atoms with Crippen LogP contribution in [-0.2, 0) is 0 Å². The van der Waals surface area contributed by atoms with Gasteiger partial charge in [-0.15, -0.1) is 0 Å². The molecule has 1 heterocycles. The Morgan fingerprint density at radius 3 is 1.72 bits per heavy atom. The van der Waals surface area contributed by atoms with Crippen LogP contribution < -0.4 is 4.90 Å². The number of furan rings is 1. The number of hydrogen-bond donors (Lipinski definition) is 0. The number of para-hydroxylation sites is 2. The number of benzene rings is 10. The fourth-order valence-electron chi connectivity index (χ4n) is 8.49. The quantitative estimate of drug-likeness (QED) is 0.168. The predicted molar refractivity (Wildman–Crippen MR) is 229 cm³/mol. The summed E-state index contributed by atoms with van der Waals surface area (Å²) in [6, 6.07) is 72.3. The van der Waals surface area contributed by atoms with E-state index < -0.39 is 0 Å². The first-order chi connectivity index (χ1) is 26.8. The first kappa shape index (κ1) is 30.5. The van der Waals surface area contributed by atoms with Crippen molar-refractivity contribution in [2.24, 2.45) is 0 Å². The van der Waals surface area contributed by atoms with Gasteiger partial charge >= 0.3 is 0 Å². The van der Waals surface area contributed by atoms with Crippen LogP contribution >= 0.6 is 0 Å². The van der Waals surface area contributed by atoms with E-state index in [0.717, 1.165) is 50.1 Å². The van der Waals surface area contributed by atoms with Crippen molar-refractivity contribution in [3.05, 3.63) is 200 Å². The zero-order valence-electron chi connectivity index (χ0n) is 29.4. The average Bonchev–Trinajstić information content (AvgIpc) is 3.61. The van der Waals surface area contributed by atoms with Crippen molar-refractivity contribution < 1.29 is 4.42 Å². The van der Waals surface area contributed by atoms with Gasteiger partial charge in [0.25, 0.3) is 0 Å². The maximum absolute atomic E-state index is 6.77. The number of hydrogen-bond acceptors (Lipinski definition) is 2. The molecular formula is C52H33NO. The van der Waals surface area contributed by atoms with Crippen molar-refractivity contribution in [2.75, 3.05) is 4.90 Å². The van der Waals surface area contributed by atoms with E-state index in [4.69, 9.17) is 4.42 Å². The monoisotopic (exact) mass is 687 g/mol. The molecule has 10 aromatic carbocycles. The minimum Gasteiger partial charge on any atom is -0.455 e. The molecule has 11 aromatic rings. The lowest BCUT2D eigenvalue weighted by atomic mass is 9.94. The molecule has 0 spiro atoms. The molecule has 252 valence electrons. The highest BCUT2D eigenvalue weighted by molar-refractivity contribution is 6.15. The summed E-state index contributed by atoms with van der Waals surface area (Å²) in [5.41, 5.74) is 9.65. The Kier molecular flexibility index (Phi) is 6.90. The second kappa shape index (κ2) is 12.2. The molecule has 0 fully saturated rings. The van der Waals surface area contributed by atoms with Crippen LogP contribution in [0.4, 0.5) is 17.1 Å². The van der Waals surface area contributed by atoms with Gasteiger partial charge < -0.3 is 9.32 Å². The predicted octanol–water partition coefficient (Wildman–Crippen LogP) is 15.0. The van der Waals surface area contributed by atoms with Gasteiger partial charge in [0.15, 0.2) is 0 Å². The van der Waals surface area contributed by atoms with E-state index in [2.05, 4.69) is 205 Å². The third-order valence-electron chi connectivity index (χ3n) is 11.0. The molecule has 0 aliphatic carbocycles. The van der Waals surface area contributed by atoms with E-state index in [1.54, 1.807) is 0 Å². The van der Waals surface area contributed by atoms with E-state index in [9.17, 15) is 0 Å². The van der Waals surface area contributed by atoms with Crippen LogP contribution in [-0.4, -0.2) is 0 Å². The third kappa shape index (κ3) is 4.81. The normalized spacial score (nSPS) is 11.7. The average molecular weight is 688 g/mol. The van der Waals surface area contributed by atoms with E-state index in [1.807, 2.05) is 0 Å². The largest absolute Gasteiger partial charge is 0.455 e. The second-order valence-corrected chi connectivity index (χ2v) is 14.1. The van der Waals surface area contributed by atoms with Crippen molar-refractivity contribution in [1.82, 2.24) is 0 Å². The maximum atomic E-state index is 6.77. The van der Waals surface area contributed by atoms with Gasteiger partial charge in [0.1, 0.15) is 11.2 Å². The van der Waals surface area contributed by atoms with Crippen molar-refractivity contribution in [1.29, 1.82) is 0 Å². The Morgan fingerprint density at radius 2 is 0.889 bits per heavy atom. The van der Waals surface area contributed by atoms with E-state index in [0.29, 0.717) is 0 Å². The number of anilines is 3. The SMILES string of the molecule is c1ccc(N(c2ccc(-c3cccc4c3ccc3ccccc34)cc2)c2cccc3ccccc23)c(-c2cccc3c2oc2cc4ccccc4cc23)c1. The van der Waals surface area contributed by atoms with Crippen LogP contribution in [0.3, 0.4) is 0 Å². The van der Waals surface area contributed by atoms with Crippen LogP contribution in [0.5, 0.6) is 0 Å². The van der Waals surface area contributed by atoms with Gasteiger partial charge in [-0.2, -0.15) is 0 Å². The van der Waals surface area contributed by atoms with Crippen LogP contribution in [0.15, 0.2) is 205 Å². The summed E-state index contributed by atoms with van der Waals surface area (Å²) in [6.45, 7) is 0. The zero-order valence-corrected chi connectivity index (χ0v) is 29.4. The highest BCUT2D eigenvalue weighted by Crippen LogP contribution is 2.46. The van der Waals surface area contributed by atoms with Gasteiger partial charge in [-0.3, -0.25) is 0 Å². The summed E-state index contributed by atoms with van der Waals surface area (Å²) in [5, 5.41) is 12.1. The Labute approximate surface area is 312 Å². The summed E-state index contributed by atoms with van der Waals surface area (Å²) in [6.07, 6.45) is 0. The van der Waals surface area contributed by atoms with Crippen LogP contribution in [0.25, 0.3) is 87.3 Å². The third-order valence-corrected chi connectivity index (χ3v) is 11.0. The van der Waals surface area contributed by atoms with Gasteiger partial charge in [0.2, 0.25) is 0 Å². The Bertz CT molecular complexity index is 3220. The first-order valence-electron chi connectivity index (χ1n) is 18.5. The Morgan fingerprint density at radius 1 is 0.315 bits per heavy atom. The number of nitrogens with zero attached hydrogens (tertiary/aromatic N) is 1. The summed E-state index contributed by atoms with van der Waals surface area (Å²) < 4.78 is 6.77. The lowest BCUT2D eigenvalue weighted by molar-refractivity contribution is 0.670. The number of rotatable bonds is 5. The summed E-state index contributed by atoms with van der Waals surface area (Å²) in [7, 11) is 0. The van der Waals surface area contributed by atoms with Gasteiger partial charge in [0.05, 0.1) is 11.4 Å². The highest BCUT2D eigenvalue weighted by atomic mass is 16.3.